The Hall–Kier alpha value is -0.960. The molecule has 0 heterocycles. The number of likely N-dealkylation sites (N-methyl/N-ethyl adjacent to an activating group) is 1. The van der Waals surface area contributed by atoms with Crippen LogP contribution in [-0.2, 0) is 18.3 Å². The topological polar surface area (TPSA) is 114 Å². The Morgan fingerprint density at radius 1 is 1.07 bits per heavy atom. The van der Waals surface area contributed by atoms with Crippen molar-refractivity contribution in [2.75, 3.05) is 47.5 Å². The lowest BCUT2D eigenvalue weighted by Gasteiger charge is -2.58. The van der Waals surface area contributed by atoms with Gasteiger partial charge in [0.25, 0.3) is 0 Å². The van der Waals surface area contributed by atoms with Gasteiger partial charge in [0.1, 0.15) is 19.3 Å². The van der Waals surface area contributed by atoms with Gasteiger partial charge in [-0.1, -0.05) is 65.5 Å². The van der Waals surface area contributed by atoms with E-state index in [1.54, 1.807) is 0 Å². The number of fused-ring (bicyclic) bond motifs is 5. The number of carbonyl (C=O) groups excluding carboxylic acids is 1. The van der Waals surface area contributed by atoms with Crippen LogP contribution in [0.3, 0.4) is 0 Å². The quantitative estimate of drug-likeness (QED) is 0.0951. The van der Waals surface area contributed by atoms with Crippen molar-refractivity contribution < 1.29 is 37.6 Å². The van der Waals surface area contributed by atoms with Gasteiger partial charge in [0, 0.05) is 6.42 Å². The fraction of sp³-hybridized carbons (Fsp3) is 0.917. The van der Waals surface area contributed by atoms with Crippen LogP contribution in [-0.4, -0.2) is 80.2 Å². The molecule has 2 unspecified atom stereocenters. The van der Waals surface area contributed by atoms with Gasteiger partial charge in [-0.25, -0.2) is 9.36 Å². The molecule has 3 N–H and O–H groups in total. The predicted molar refractivity (Wildman–Crippen MR) is 182 cm³/mol. The Balaban J connectivity index is 1.29. The van der Waals surface area contributed by atoms with Crippen LogP contribution in [0.25, 0.3) is 0 Å². The van der Waals surface area contributed by atoms with Crippen molar-refractivity contribution in [2.24, 2.45) is 46.3 Å². The van der Waals surface area contributed by atoms with Crippen molar-refractivity contribution in [1.82, 2.24) is 5.32 Å². The Labute approximate surface area is 279 Å². The number of hydrogen-bond donors (Lipinski definition) is 3. The molecule has 0 aromatic rings. The van der Waals surface area contributed by atoms with Gasteiger partial charge in [-0.3, -0.25) is 9.05 Å². The third kappa shape index (κ3) is 9.18. The minimum Gasteiger partial charge on any atom is -0.446 e. The molecule has 4 aliphatic carbocycles. The highest BCUT2D eigenvalue weighted by Crippen LogP contribution is 2.67. The highest BCUT2D eigenvalue weighted by atomic mass is 31.2. The molecule has 0 radical (unpaired) electrons. The Bertz CT molecular complexity index is 1110. The lowest BCUT2D eigenvalue weighted by molar-refractivity contribution is -0.870. The van der Waals surface area contributed by atoms with E-state index in [9.17, 15) is 19.4 Å². The van der Waals surface area contributed by atoms with E-state index in [0.29, 0.717) is 22.4 Å². The van der Waals surface area contributed by atoms with Gasteiger partial charge in [-0.2, -0.15) is 0 Å². The van der Waals surface area contributed by atoms with Crippen LogP contribution in [0.5, 0.6) is 0 Å². The molecule has 3 fully saturated rings. The van der Waals surface area contributed by atoms with Gasteiger partial charge in [0.05, 0.1) is 40.4 Å². The van der Waals surface area contributed by atoms with Gasteiger partial charge >= 0.3 is 13.9 Å². The van der Waals surface area contributed by atoms with Crippen LogP contribution < -0.4 is 5.32 Å². The van der Waals surface area contributed by atoms with Crippen LogP contribution >= 0.6 is 7.82 Å². The van der Waals surface area contributed by atoms with E-state index in [1.807, 2.05) is 21.1 Å². The number of aliphatic hydroxyl groups excluding tert-OH is 1. The molecule has 4 aliphatic rings. The minimum atomic E-state index is -4.31. The summed E-state index contributed by atoms with van der Waals surface area (Å²) in [7, 11) is 1.54. The van der Waals surface area contributed by atoms with Gasteiger partial charge in [-0.15, -0.1) is 0 Å². The lowest BCUT2D eigenvalue weighted by atomic mass is 9.47. The highest BCUT2D eigenvalue weighted by Gasteiger charge is 2.59. The number of nitrogens with one attached hydrogen (secondary N) is 1. The van der Waals surface area contributed by atoms with Gasteiger partial charge in [0.15, 0.2) is 0 Å². The second-order valence-electron chi connectivity index (χ2n) is 17.2. The molecule has 0 aromatic heterocycles. The number of rotatable bonds is 15. The summed E-state index contributed by atoms with van der Waals surface area (Å²) >= 11 is 0. The number of amides is 1. The fourth-order valence-electron chi connectivity index (χ4n) is 9.90. The number of quaternary nitrogens is 1. The van der Waals surface area contributed by atoms with Crippen LogP contribution in [0.4, 0.5) is 4.79 Å². The van der Waals surface area contributed by atoms with Gasteiger partial charge in [0.2, 0.25) is 0 Å². The zero-order valence-corrected chi connectivity index (χ0v) is 31.0. The molecule has 0 aromatic carbocycles. The molecule has 10 atom stereocenters. The number of ether oxygens (including phenoxy) is 1. The molecule has 0 aliphatic heterocycles. The molecule has 9 nitrogen and oxygen atoms in total. The SMILES string of the molecule is CC(C)CCC[C@@H](C)[C@H]1CC[C@H]2[C@@H]3CC=C4C[C@@H](OC(=O)NC(CO)COP(=O)(O)OCC[N+](C)(C)C)CC[C@]4(C)[C@H]3CC[C@]12C. The summed E-state index contributed by atoms with van der Waals surface area (Å²) in [5, 5.41) is 12.4. The maximum absolute atomic E-state index is 12.8. The molecule has 10 heteroatoms. The number of alkyl carbamates (subject to hydrolysis) is 1. The molecule has 4 rings (SSSR count). The first kappa shape index (κ1) is 37.9. The molecule has 1 amide bonds. The van der Waals surface area contributed by atoms with Gasteiger partial charge in [-0.05, 0) is 91.3 Å². The summed E-state index contributed by atoms with van der Waals surface area (Å²) in [6.07, 6.45) is 14.8. The molecule has 0 bridgehead atoms. The average molecular weight is 670 g/mol. The Morgan fingerprint density at radius 3 is 2.48 bits per heavy atom. The number of allylic oxidation sites excluding steroid dienone is 1. The smallest absolute Gasteiger partial charge is 0.446 e. The zero-order valence-electron chi connectivity index (χ0n) is 30.1. The number of phosphoric acid groups is 1. The number of carbonyl (C=O) groups is 1. The molecular formula is C36H66N2O7P+. The fourth-order valence-corrected chi connectivity index (χ4v) is 10.7. The average Bonchev–Trinajstić information content (AvgIpc) is 3.31. The van der Waals surface area contributed by atoms with E-state index in [4.69, 9.17) is 13.8 Å². The molecule has 0 saturated heterocycles. The summed E-state index contributed by atoms with van der Waals surface area (Å²) in [5.74, 6) is 4.72. The summed E-state index contributed by atoms with van der Waals surface area (Å²) in [4.78, 5) is 22.8. The van der Waals surface area contributed by atoms with Crippen LogP contribution in [0.15, 0.2) is 11.6 Å². The summed E-state index contributed by atoms with van der Waals surface area (Å²) in [6.45, 7) is 12.1. The number of nitrogens with zero attached hydrogens (tertiary/aromatic N) is 1. The summed E-state index contributed by atoms with van der Waals surface area (Å²) < 4.78 is 28.7. The Morgan fingerprint density at radius 2 is 1.80 bits per heavy atom. The molecule has 266 valence electrons. The first-order valence-corrected chi connectivity index (χ1v) is 19.7. The lowest BCUT2D eigenvalue weighted by Crippen LogP contribution is -2.51. The second kappa shape index (κ2) is 15.3. The maximum Gasteiger partial charge on any atom is 0.472 e. The van der Waals surface area contributed by atoms with E-state index in [-0.39, 0.29) is 24.7 Å². The zero-order chi connectivity index (χ0) is 33.9. The number of hydrogen-bond acceptors (Lipinski definition) is 6. The van der Waals surface area contributed by atoms with E-state index < -0.39 is 26.6 Å². The highest BCUT2D eigenvalue weighted by molar-refractivity contribution is 7.47. The normalized spacial score (nSPS) is 35.3. The number of aliphatic hydroxyl groups is 1. The molecule has 3 saturated carbocycles. The van der Waals surface area contributed by atoms with E-state index in [0.717, 1.165) is 55.3 Å². The molecule has 0 spiro atoms. The summed E-state index contributed by atoms with van der Waals surface area (Å²) in [6, 6.07) is -0.886. The monoisotopic (exact) mass is 669 g/mol. The van der Waals surface area contributed by atoms with E-state index >= 15 is 0 Å². The van der Waals surface area contributed by atoms with Crippen molar-refractivity contribution in [3.8, 4) is 0 Å². The first-order valence-electron chi connectivity index (χ1n) is 18.2. The predicted octanol–water partition coefficient (Wildman–Crippen LogP) is 7.32. The minimum absolute atomic E-state index is 0.0485. The molecular weight excluding hydrogens is 603 g/mol. The van der Waals surface area contributed by atoms with Gasteiger partial charge < -0.3 is 24.5 Å². The second-order valence-corrected chi connectivity index (χ2v) is 18.6. The third-order valence-electron chi connectivity index (χ3n) is 12.5. The largest absolute Gasteiger partial charge is 0.472 e. The molecule has 46 heavy (non-hydrogen) atoms. The summed E-state index contributed by atoms with van der Waals surface area (Å²) in [5.41, 5.74) is 2.08. The first-order chi connectivity index (χ1) is 21.5. The van der Waals surface area contributed by atoms with Crippen molar-refractivity contribution in [2.45, 2.75) is 117 Å². The standard InChI is InChI=1S/C36H65N2O7P/c1-25(2)10-9-11-26(3)31-14-15-32-30-13-12-27-22-29(16-18-35(27,4)33(30)17-19-36(31,32)5)45-34(40)37-28(23-39)24-44-46(41,42)43-21-20-38(6,7)8/h12,25-26,28-33,39H,9-11,13-24H2,1-8H3,(H-,37,40,41,42)/p+1/t26-,28?,29+,30+,31-,32+,33+,35+,36-/m1/s1. The van der Waals surface area contributed by atoms with Crippen molar-refractivity contribution >= 4 is 13.9 Å². The van der Waals surface area contributed by atoms with E-state index in [2.05, 4.69) is 46.0 Å². The number of phosphoric ester groups is 1. The van der Waals surface area contributed by atoms with Crippen LogP contribution in [0, 0.1) is 46.3 Å². The maximum atomic E-state index is 12.8. The van der Waals surface area contributed by atoms with Crippen molar-refractivity contribution in [1.29, 1.82) is 0 Å². The van der Waals surface area contributed by atoms with Crippen LogP contribution in [0.1, 0.15) is 105 Å². The van der Waals surface area contributed by atoms with Crippen LogP contribution in [0.2, 0.25) is 0 Å². The van der Waals surface area contributed by atoms with Crippen molar-refractivity contribution in [3.05, 3.63) is 11.6 Å². The Kier molecular flexibility index (Phi) is 12.6. The van der Waals surface area contributed by atoms with Crippen molar-refractivity contribution in [3.63, 3.8) is 0 Å². The van der Waals surface area contributed by atoms with E-state index in [1.165, 1.54) is 50.5 Å². The third-order valence-corrected chi connectivity index (χ3v) is 13.5.